The van der Waals surface area contributed by atoms with Gasteiger partial charge in [0.15, 0.2) is 0 Å². The number of halogens is 3. The number of aromatic nitrogens is 1. The van der Waals surface area contributed by atoms with Gasteiger partial charge in [0.05, 0.1) is 17.9 Å². The number of hydrogen-bond acceptors (Lipinski definition) is 6. The van der Waals surface area contributed by atoms with E-state index >= 15 is 0 Å². The molecular formula is C26H24ClF2N3O6. The van der Waals surface area contributed by atoms with E-state index in [-0.39, 0.29) is 36.2 Å². The Balaban J connectivity index is 1.59. The lowest BCUT2D eigenvalue weighted by molar-refractivity contribution is -0.133. The van der Waals surface area contributed by atoms with Gasteiger partial charge in [0.2, 0.25) is 0 Å². The van der Waals surface area contributed by atoms with Crippen molar-refractivity contribution in [1.82, 2.24) is 4.57 Å². The fraction of sp³-hybridized carbons (Fsp3) is 0.269. The largest absolute Gasteiger partial charge is 0.487 e. The first-order valence-electron chi connectivity index (χ1n) is 11.4. The Labute approximate surface area is 221 Å². The molecule has 4 rings (SSSR count). The number of carbonyl (C=O) groups excluding carboxylic acids is 2. The van der Waals surface area contributed by atoms with E-state index in [4.69, 9.17) is 16.3 Å². The normalized spacial score (nSPS) is 13.0. The molecule has 2 N–H and O–H groups in total. The molecule has 2 aromatic carbocycles. The Morgan fingerprint density at radius 3 is 2.47 bits per heavy atom. The molecular weight excluding hydrogens is 524 g/mol. The van der Waals surface area contributed by atoms with Crippen LogP contribution >= 0.6 is 11.6 Å². The maximum Gasteiger partial charge on any atom is 0.273 e. The molecule has 1 aromatic heterocycles. The van der Waals surface area contributed by atoms with E-state index in [0.717, 1.165) is 12.1 Å². The molecule has 0 aliphatic carbocycles. The Bertz CT molecular complexity index is 1470. The minimum atomic E-state index is -1.72. The minimum Gasteiger partial charge on any atom is -0.487 e. The van der Waals surface area contributed by atoms with Crippen LogP contribution in [-0.2, 0) is 22.7 Å². The topological polar surface area (TPSA) is 112 Å². The third kappa shape index (κ3) is 5.40. The monoisotopic (exact) mass is 547 g/mol. The molecule has 1 aliphatic heterocycles. The van der Waals surface area contributed by atoms with E-state index in [0.29, 0.717) is 16.9 Å². The molecule has 9 nitrogen and oxygen atoms in total. The van der Waals surface area contributed by atoms with Gasteiger partial charge in [0.25, 0.3) is 17.4 Å². The second-order valence-corrected chi connectivity index (χ2v) is 9.57. The molecule has 0 spiro atoms. The zero-order valence-corrected chi connectivity index (χ0v) is 21.2. The zero-order chi connectivity index (χ0) is 27.8. The summed E-state index contributed by atoms with van der Waals surface area (Å²) < 4.78 is 33.7. The maximum absolute atomic E-state index is 13.9. The van der Waals surface area contributed by atoms with E-state index < -0.39 is 41.2 Å². The standard InChI is InChI=1S/C26H24ClF2N3O6/c1-26(2,37)25(36)32-14-31(22(34)12-33)19-6-3-15(9-20(19)32)11-30-8-7-21(23(27)24(30)35)38-13-16-4-5-17(28)10-18(16)29/h3-10,33,37H,11-14H2,1-2H3. The van der Waals surface area contributed by atoms with Crippen molar-refractivity contribution in [1.29, 1.82) is 0 Å². The highest BCUT2D eigenvalue weighted by atomic mass is 35.5. The number of rotatable bonds is 7. The Hall–Kier alpha value is -3.80. The Morgan fingerprint density at radius 1 is 1.08 bits per heavy atom. The summed E-state index contributed by atoms with van der Waals surface area (Å²) in [5.41, 5.74) is -0.947. The number of carbonyl (C=O) groups is 2. The SMILES string of the molecule is CC(C)(O)C(=O)N1CN(C(=O)CO)c2ccc(Cn3ccc(OCc4ccc(F)cc4F)c(Cl)c3=O)cc21. The molecule has 200 valence electrons. The zero-order valence-electron chi connectivity index (χ0n) is 20.5. The maximum atomic E-state index is 13.9. The second kappa shape index (κ2) is 10.5. The molecule has 0 unspecified atom stereocenters. The van der Waals surface area contributed by atoms with Gasteiger partial charge in [0.1, 0.15) is 47.9 Å². The summed E-state index contributed by atoms with van der Waals surface area (Å²) in [6.45, 7) is 1.47. The predicted octanol–water partition coefficient (Wildman–Crippen LogP) is 2.81. The highest BCUT2D eigenvalue weighted by Crippen LogP contribution is 2.38. The van der Waals surface area contributed by atoms with Gasteiger partial charge < -0.3 is 19.5 Å². The second-order valence-electron chi connectivity index (χ2n) is 9.19. The van der Waals surface area contributed by atoms with E-state index in [2.05, 4.69) is 0 Å². The molecule has 2 heterocycles. The van der Waals surface area contributed by atoms with Crippen molar-refractivity contribution >= 4 is 34.8 Å². The summed E-state index contributed by atoms with van der Waals surface area (Å²) in [5.74, 6) is -2.76. The fourth-order valence-electron chi connectivity index (χ4n) is 3.96. The lowest BCUT2D eigenvalue weighted by atomic mass is 10.1. The molecule has 0 radical (unpaired) electrons. The quantitative estimate of drug-likeness (QED) is 0.470. The molecule has 12 heteroatoms. The van der Waals surface area contributed by atoms with Crippen molar-refractivity contribution in [3.05, 3.63) is 86.8 Å². The van der Waals surface area contributed by atoms with Gasteiger partial charge in [-0.15, -0.1) is 0 Å². The van der Waals surface area contributed by atoms with E-state index in [1.807, 2.05) is 0 Å². The van der Waals surface area contributed by atoms with E-state index in [9.17, 15) is 33.4 Å². The molecule has 0 atom stereocenters. The molecule has 0 saturated carbocycles. The van der Waals surface area contributed by atoms with Crippen molar-refractivity contribution in [2.75, 3.05) is 23.1 Å². The van der Waals surface area contributed by atoms with Gasteiger partial charge in [-0.1, -0.05) is 17.7 Å². The van der Waals surface area contributed by atoms with Gasteiger partial charge in [-0.2, -0.15) is 0 Å². The van der Waals surface area contributed by atoms with Crippen LogP contribution in [-0.4, -0.2) is 45.5 Å². The van der Waals surface area contributed by atoms with Crippen LogP contribution in [0.25, 0.3) is 0 Å². The van der Waals surface area contributed by atoms with Gasteiger partial charge in [-0.25, -0.2) is 8.78 Å². The highest BCUT2D eigenvalue weighted by Gasteiger charge is 2.39. The van der Waals surface area contributed by atoms with Crippen molar-refractivity contribution < 1.29 is 33.3 Å². The number of hydrogen-bond donors (Lipinski definition) is 2. The average molecular weight is 548 g/mol. The lowest BCUT2D eigenvalue weighted by Gasteiger charge is -2.25. The summed E-state index contributed by atoms with van der Waals surface area (Å²) in [4.78, 5) is 40.4. The number of pyridine rings is 1. The Kier molecular flexibility index (Phi) is 7.54. The number of benzene rings is 2. The minimum absolute atomic E-state index is 0.0192. The summed E-state index contributed by atoms with van der Waals surface area (Å²) in [6, 6.07) is 9.32. The van der Waals surface area contributed by atoms with Crippen LogP contribution in [0.4, 0.5) is 20.2 Å². The van der Waals surface area contributed by atoms with Crippen LogP contribution in [0, 0.1) is 11.6 Å². The number of aliphatic hydroxyl groups excluding tert-OH is 1. The first-order chi connectivity index (χ1) is 17.9. The average Bonchev–Trinajstić information content (AvgIpc) is 3.24. The van der Waals surface area contributed by atoms with Crippen LogP contribution in [0.3, 0.4) is 0 Å². The highest BCUT2D eigenvalue weighted by molar-refractivity contribution is 6.31. The van der Waals surface area contributed by atoms with Gasteiger partial charge in [0, 0.05) is 17.8 Å². The Morgan fingerprint density at radius 2 is 1.82 bits per heavy atom. The fourth-order valence-corrected chi connectivity index (χ4v) is 4.19. The molecule has 3 aromatic rings. The van der Waals surface area contributed by atoms with Crippen LogP contribution in [0.2, 0.25) is 5.02 Å². The van der Waals surface area contributed by atoms with Crippen molar-refractivity contribution in [3.8, 4) is 5.75 Å². The molecule has 0 bridgehead atoms. The van der Waals surface area contributed by atoms with Gasteiger partial charge in [-0.3, -0.25) is 24.2 Å². The number of anilines is 2. The molecule has 0 saturated heterocycles. The van der Waals surface area contributed by atoms with Crippen molar-refractivity contribution in [2.24, 2.45) is 0 Å². The van der Waals surface area contributed by atoms with Crippen LogP contribution < -0.4 is 20.1 Å². The van der Waals surface area contributed by atoms with Gasteiger partial charge >= 0.3 is 0 Å². The first kappa shape index (κ1) is 27.2. The summed E-state index contributed by atoms with van der Waals surface area (Å²) in [7, 11) is 0. The van der Waals surface area contributed by atoms with E-state index in [1.54, 1.807) is 18.2 Å². The van der Waals surface area contributed by atoms with Crippen LogP contribution in [0.15, 0.2) is 53.5 Å². The number of amides is 2. The molecule has 38 heavy (non-hydrogen) atoms. The predicted molar refractivity (Wildman–Crippen MR) is 135 cm³/mol. The molecule has 2 amide bonds. The smallest absolute Gasteiger partial charge is 0.273 e. The third-order valence-corrected chi connectivity index (χ3v) is 6.28. The number of nitrogens with zero attached hydrogens (tertiary/aromatic N) is 3. The van der Waals surface area contributed by atoms with Gasteiger partial charge in [-0.05, 0) is 49.7 Å². The van der Waals surface area contributed by atoms with Crippen LogP contribution in [0.1, 0.15) is 25.0 Å². The summed E-state index contributed by atoms with van der Waals surface area (Å²) >= 11 is 6.21. The first-order valence-corrected chi connectivity index (χ1v) is 11.8. The number of fused-ring (bicyclic) bond motifs is 1. The summed E-state index contributed by atoms with van der Waals surface area (Å²) in [5, 5.41) is 19.3. The summed E-state index contributed by atoms with van der Waals surface area (Å²) in [6.07, 6.45) is 1.43. The van der Waals surface area contributed by atoms with E-state index in [1.165, 1.54) is 46.5 Å². The van der Waals surface area contributed by atoms with Crippen LogP contribution in [0.5, 0.6) is 5.75 Å². The number of aliphatic hydroxyl groups is 2. The van der Waals surface area contributed by atoms with Crippen molar-refractivity contribution in [2.45, 2.75) is 32.6 Å². The molecule has 1 aliphatic rings. The number of ether oxygens (including phenoxy) is 1. The lowest BCUT2D eigenvalue weighted by Crippen LogP contribution is -2.47. The van der Waals surface area contributed by atoms with Crippen molar-refractivity contribution in [3.63, 3.8) is 0 Å². The third-order valence-electron chi connectivity index (χ3n) is 5.93. The molecule has 0 fully saturated rings.